The van der Waals surface area contributed by atoms with Crippen molar-refractivity contribution in [3.05, 3.63) is 28.8 Å². The number of anilines is 1. The molecule has 0 unspecified atom stereocenters. The molecule has 3 nitrogen and oxygen atoms in total. The van der Waals surface area contributed by atoms with Crippen LogP contribution in [0.25, 0.3) is 10.6 Å². The van der Waals surface area contributed by atoms with Gasteiger partial charge in [-0.2, -0.15) is 0 Å². The Hall–Kier alpha value is -1.42. The zero-order chi connectivity index (χ0) is 13.1. The highest BCUT2D eigenvalue weighted by Crippen LogP contribution is 2.32. The summed E-state index contributed by atoms with van der Waals surface area (Å²) in [7, 11) is 0. The molecule has 0 bridgehead atoms. The molecule has 0 saturated heterocycles. The standard InChI is InChI=1S/C14H19N3S/c1-5-6-15-14-17-16-13(18-14)12-10(3)7-9(2)8-11(12)4/h7-8H,5-6H2,1-4H3,(H,15,17). The Morgan fingerprint density at radius 2 is 1.78 bits per heavy atom. The summed E-state index contributed by atoms with van der Waals surface area (Å²) in [6.45, 7) is 9.48. The van der Waals surface area contributed by atoms with Crippen LogP contribution in [0, 0.1) is 20.8 Å². The van der Waals surface area contributed by atoms with Gasteiger partial charge in [0.15, 0.2) is 0 Å². The van der Waals surface area contributed by atoms with Gasteiger partial charge < -0.3 is 5.32 Å². The normalized spacial score (nSPS) is 10.7. The topological polar surface area (TPSA) is 37.8 Å². The Bertz CT molecular complexity index is 523. The smallest absolute Gasteiger partial charge is 0.206 e. The van der Waals surface area contributed by atoms with Crippen molar-refractivity contribution in [3.63, 3.8) is 0 Å². The molecule has 0 atom stereocenters. The van der Waals surface area contributed by atoms with Gasteiger partial charge in [-0.1, -0.05) is 36.0 Å². The van der Waals surface area contributed by atoms with Crippen LogP contribution in [-0.4, -0.2) is 16.7 Å². The van der Waals surface area contributed by atoms with Crippen molar-refractivity contribution >= 4 is 16.5 Å². The molecule has 0 radical (unpaired) electrons. The van der Waals surface area contributed by atoms with Crippen molar-refractivity contribution in [2.45, 2.75) is 34.1 Å². The van der Waals surface area contributed by atoms with Crippen LogP contribution in [0.3, 0.4) is 0 Å². The maximum Gasteiger partial charge on any atom is 0.206 e. The van der Waals surface area contributed by atoms with E-state index >= 15 is 0 Å². The molecule has 1 aromatic carbocycles. The highest BCUT2D eigenvalue weighted by Gasteiger charge is 2.11. The summed E-state index contributed by atoms with van der Waals surface area (Å²) in [5.74, 6) is 0. The summed E-state index contributed by atoms with van der Waals surface area (Å²) < 4.78 is 0. The molecule has 1 N–H and O–H groups in total. The molecule has 0 amide bonds. The minimum absolute atomic E-state index is 0.909. The van der Waals surface area contributed by atoms with E-state index in [9.17, 15) is 0 Å². The molecule has 1 aromatic heterocycles. The maximum atomic E-state index is 4.30. The van der Waals surface area contributed by atoms with Crippen LogP contribution in [0.1, 0.15) is 30.0 Å². The lowest BCUT2D eigenvalue weighted by Gasteiger charge is -2.07. The number of aryl methyl sites for hydroxylation is 3. The van der Waals surface area contributed by atoms with Crippen molar-refractivity contribution in [1.82, 2.24) is 10.2 Å². The van der Waals surface area contributed by atoms with Gasteiger partial charge in [-0.15, -0.1) is 10.2 Å². The lowest BCUT2D eigenvalue weighted by atomic mass is 10.0. The van der Waals surface area contributed by atoms with Gasteiger partial charge in [-0.25, -0.2) is 0 Å². The van der Waals surface area contributed by atoms with Gasteiger partial charge in [0.25, 0.3) is 0 Å². The fourth-order valence-electron chi connectivity index (χ4n) is 2.14. The first kappa shape index (κ1) is 13.0. The van der Waals surface area contributed by atoms with Gasteiger partial charge >= 0.3 is 0 Å². The van der Waals surface area contributed by atoms with E-state index in [4.69, 9.17) is 0 Å². The Kier molecular flexibility index (Phi) is 3.97. The van der Waals surface area contributed by atoms with Crippen molar-refractivity contribution in [2.24, 2.45) is 0 Å². The summed E-state index contributed by atoms with van der Waals surface area (Å²) in [6, 6.07) is 4.39. The molecule has 2 aromatic rings. The molecule has 0 spiro atoms. The van der Waals surface area contributed by atoms with Crippen LogP contribution in [0.5, 0.6) is 0 Å². The zero-order valence-corrected chi connectivity index (χ0v) is 12.2. The molecule has 2 rings (SSSR count). The highest BCUT2D eigenvalue weighted by atomic mass is 32.1. The number of hydrogen-bond acceptors (Lipinski definition) is 4. The zero-order valence-electron chi connectivity index (χ0n) is 11.4. The van der Waals surface area contributed by atoms with Crippen LogP contribution in [0.4, 0.5) is 5.13 Å². The Balaban J connectivity index is 2.34. The van der Waals surface area contributed by atoms with Crippen LogP contribution >= 0.6 is 11.3 Å². The van der Waals surface area contributed by atoms with Crippen molar-refractivity contribution in [3.8, 4) is 10.6 Å². The van der Waals surface area contributed by atoms with Crippen LogP contribution < -0.4 is 5.32 Å². The van der Waals surface area contributed by atoms with Gasteiger partial charge in [0.1, 0.15) is 5.01 Å². The number of hydrogen-bond donors (Lipinski definition) is 1. The van der Waals surface area contributed by atoms with E-state index in [1.165, 1.54) is 22.3 Å². The van der Waals surface area contributed by atoms with Crippen LogP contribution in [-0.2, 0) is 0 Å². The quantitative estimate of drug-likeness (QED) is 0.905. The van der Waals surface area contributed by atoms with Crippen molar-refractivity contribution < 1.29 is 0 Å². The third-order valence-electron chi connectivity index (χ3n) is 2.84. The van der Waals surface area contributed by atoms with Crippen LogP contribution in [0.15, 0.2) is 12.1 Å². The Labute approximate surface area is 112 Å². The number of rotatable bonds is 4. The average molecular weight is 261 g/mol. The molecular formula is C14H19N3S. The summed E-state index contributed by atoms with van der Waals surface area (Å²) in [6.07, 6.45) is 1.09. The number of nitrogens with zero attached hydrogens (tertiary/aromatic N) is 2. The monoisotopic (exact) mass is 261 g/mol. The molecule has 1 heterocycles. The van der Waals surface area contributed by atoms with E-state index in [0.717, 1.165) is 23.1 Å². The summed E-state index contributed by atoms with van der Waals surface area (Å²) in [5.41, 5.74) is 5.06. The summed E-state index contributed by atoms with van der Waals surface area (Å²) in [4.78, 5) is 0. The number of aromatic nitrogens is 2. The molecule has 0 aliphatic carbocycles. The van der Waals surface area contributed by atoms with E-state index in [1.807, 2.05) is 0 Å². The fraction of sp³-hybridized carbons (Fsp3) is 0.429. The van der Waals surface area contributed by atoms with Crippen molar-refractivity contribution in [2.75, 3.05) is 11.9 Å². The van der Waals surface area contributed by atoms with E-state index in [2.05, 4.69) is 55.3 Å². The maximum absolute atomic E-state index is 4.30. The second-order valence-corrected chi connectivity index (χ2v) is 5.59. The summed E-state index contributed by atoms with van der Waals surface area (Å²) >= 11 is 1.63. The fourth-order valence-corrected chi connectivity index (χ4v) is 3.09. The lowest BCUT2D eigenvalue weighted by Crippen LogP contribution is -1.98. The first-order valence-corrected chi connectivity index (χ1v) is 7.09. The highest BCUT2D eigenvalue weighted by molar-refractivity contribution is 7.18. The molecule has 4 heteroatoms. The minimum Gasteiger partial charge on any atom is -0.360 e. The first-order chi connectivity index (χ1) is 8.61. The molecule has 18 heavy (non-hydrogen) atoms. The molecule has 96 valence electrons. The average Bonchev–Trinajstić information content (AvgIpc) is 2.73. The van der Waals surface area contributed by atoms with Gasteiger partial charge in [0.2, 0.25) is 5.13 Å². The third kappa shape index (κ3) is 2.70. The number of benzene rings is 1. The van der Waals surface area contributed by atoms with Crippen molar-refractivity contribution in [1.29, 1.82) is 0 Å². The lowest BCUT2D eigenvalue weighted by molar-refractivity contribution is 0.963. The second-order valence-electron chi connectivity index (χ2n) is 4.61. The molecule has 0 fully saturated rings. The van der Waals surface area contributed by atoms with Gasteiger partial charge in [0, 0.05) is 12.1 Å². The minimum atomic E-state index is 0.909. The van der Waals surface area contributed by atoms with E-state index in [0.29, 0.717) is 0 Å². The van der Waals surface area contributed by atoms with Gasteiger partial charge in [-0.3, -0.25) is 0 Å². The molecular weight excluding hydrogens is 242 g/mol. The first-order valence-electron chi connectivity index (χ1n) is 6.27. The van der Waals surface area contributed by atoms with E-state index in [-0.39, 0.29) is 0 Å². The second kappa shape index (κ2) is 5.48. The molecule has 0 saturated carbocycles. The predicted octanol–water partition coefficient (Wildman–Crippen LogP) is 3.95. The Morgan fingerprint density at radius 1 is 1.11 bits per heavy atom. The predicted molar refractivity (Wildman–Crippen MR) is 78.3 cm³/mol. The SMILES string of the molecule is CCCNc1nnc(-c2c(C)cc(C)cc2C)s1. The summed E-state index contributed by atoms with van der Waals surface area (Å²) in [5, 5.41) is 13.7. The molecule has 0 aliphatic rings. The van der Waals surface area contributed by atoms with E-state index in [1.54, 1.807) is 11.3 Å². The molecule has 0 aliphatic heterocycles. The van der Waals surface area contributed by atoms with Gasteiger partial charge in [-0.05, 0) is 38.3 Å². The Morgan fingerprint density at radius 3 is 2.39 bits per heavy atom. The largest absolute Gasteiger partial charge is 0.360 e. The van der Waals surface area contributed by atoms with Crippen LogP contribution in [0.2, 0.25) is 0 Å². The third-order valence-corrected chi connectivity index (χ3v) is 3.74. The van der Waals surface area contributed by atoms with Gasteiger partial charge in [0.05, 0.1) is 0 Å². The van der Waals surface area contributed by atoms with E-state index < -0.39 is 0 Å². The number of nitrogens with one attached hydrogen (secondary N) is 1.